The van der Waals surface area contributed by atoms with Crippen molar-refractivity contribution in [2.45, 2.75) is 38.1 Å². The summed E-state index contributed by atoms with van der Waals surface area (Å²) in [6, 6.07) is 0.185. The van der Waals surface area contributed by atoms with Crippen LogP contribution < -0.4 is 5.73 Å². The molecular weight excluding hydrogens is 178 g/mol. The van der Waals surface area contributed by atoms with E-state index in [0.717, 1.165) is 38.9 Å². The van der Waals surface area contributed by atoms with Gasteiger partial charge in [0.1, 0.15) is 0 Å². The average Bonchev–Trinajstić information content (AvgIpc) is 2.18. The van der Waals surface area contributed by atoms with Gasteiger partial charge >= 0.3 is 0 Å². The molecule has 3 heteroatoms. The normalized spacial score (nSPS) is 29.6. The van der Waals surface area contributed by atoms with Crippen molar-refractivity contribution < 1.29 is 9.84 Å². The lowest BCUT2D eigenvalue weighted by Gasteiger charge is -2.48. The summed E-state index contributed by atoms with van der Waals surface area (Å²) in [6.45, 7) is 1.96. The maximum atomic E-state index is 9.43. The first-order valence-corrected chi connectivity index (χ1v) is 5.73. The molecule has 14 heavy (non-hydrogen) atoms. The van der Waals surface area contributed by atoms with Gasteiger partial charge in [-0.2, -0.15) is 0 Å². The van der Waals surface area contributed by atoms with E-state index in [0.29, 0.717) is 5.92 Å². The summed E-state index contributed by atoms with van der Waals surface area (Å²) in [5.41, 5.74) is 6.34. The van der Waals surface area contributed by atoms with Crippen LogP contribution in [0.4, 0.5) is 0 Å². The maximum Gasteiger partial charge on any atom is 0.0502 e. The lowest BCUT2D eigenvalue weighted by Crippen LogP contribution is -2.54. The SMILES string of the molecule is N[C@@H](C1CCOCC1)C1(CO)CCC1. The van der Waals surface area contributed by atoms with Crippen LogP contribution >= 0.6 is 0 Å². The highest BCUT2D eigenvalue weighted by molar-refractivity contribution is 4.98. The molecule has 0 aromatic carbocycles. The molecule has 0 bridgehead atoms. The summed E-state index contributed by atoms with van der Waals surface area (Å²) in [7, 11) is 0. The molecule has 0 unspecified atom stereocenters. The topological polar surface area (TPSA) is 55.5 Å². The van der Waals surface area contributed by atoms with Crippen LogP contribution in [0.3, 0.4) is 0 Å². The van der Waals surface area contributed by atoms with Crippen molar-refractivity contribution >= 4 is 0 Å². The lowest BCUT2D eigenvalue weighted by molar-refractivity contribution is -0.0272. The predicted octanol–water partition coefficient (Wildman–Crippen LogP) is 0.903. The molecule has 3 nitrogen and oxygen atoms in total. The molecule has 1 saturated carbocycles. The van der Waals surface area contributed by atoms with Gasteiger partial charge in [-0.15, -0.1) is 0 Å². The van der Waals surface area contributed by atoms with E-state index in [1.165, 1.54) is 6.42 Å². The summed E-state index contributed by atoms with van der Waals surface area (Å²) in [5.74, 6) is 0.566. The molecule has 1 aliphatic carbocycles. The zero-order valence-corrected chi connectivity index (χ0v) is 8.74. The van der Waals surface area contributed by atoms with E-state index in [-0.39, 0.29) is 18.1 Å². The number of hydrogen-bond acceptors (Lipinski definition) is 3. The highest BCUT2D eigenvalue weighted by Gasteiger charge is 2.44. The minimum atomic E-state index is 0.0575. The van der Waals surface area contributed by atoms with Crippen LogP contribution in [0.5, 0.6) is 0 Å². The summed E-state index contributed by atoms with van der Waals surface area (Å²) in [6.07, 6.45) is 5.60. The summed E-state index contributed by atoms with van der Waals surface area (Å²) in [5, 5.41) is 9.43. The van der Waals surface area contributed by atoms with Crippen molar-refractivity contribution in [2.75, 3.05) is 19.8 Å². The Kier molecular flexibility index (Phi) is 3.10. The van der Waals surface area contributed by atoms with E-state index in [1.807, 2.05) is 0 Å². The third kappa shape index (κ3) is 1.69. The highest BCUT2D eigenvalue weighted by Crippen LogP contribution is 2.46. The Morgan fingerprint density at radius 2 is 2.00 bits per heavy atom. The summed E-state index contributed by atoms with van der Waals surface area (Å²) >= 11 is 0. The first-order valence-electron chi connectivity index (χ1n) is 5.73. The molecule has 1 heterocycles. The minimum absolute atomic E-state index is 0.0575. The van der Waals surface area contributed by atoms with Crippen molar-refractivity contribution in [3.05, 3.63) is 0 Å². The van der Waals surface area contributed by atoms with Crippen LogP contribution in [-0.2, 0) is 4.74 Å². The Bertz CT molecular complexity index is 180. The quantitative estimate of drug-likeness (QED) is 0.710. The van der Waals surface area contributed by atoms with Crippen LogP contribution in [-0.4, -0.2) is 31.0 Å². The monoisotopic (exact) mass is 199 g/mol. The lowest BCUT2D eigenvalue weighted by atomic mass is 9.61. The molecule has 2 aliphatic rings. The van der Waals surface area contributed by atoms with Gasteiger partial charge in [0, 0.05) is 24.7 Å². The Hall–Kier alpha value is -0.120. The van der Waals surface area contributed by atoms with Crippen LogP contribution in [0.2, 0.25) is 0 Å². The highest BCUT2D eigenvalue weighted by atomic mass is 16.5. The fourth-order valence-corrected chi connectivity index (χ4v) is 2.80. The number of aliphatic hydroxyl groups is 1. The van der Waals surface area contributed by atoms with Gasteiger partial charge in [0.05, 0.1) is 6.61 Å². The molecule has 82 valence electrons. The van der Waals surface area contributed by atoms with Gasteiger partial charge in [-0.25, -0.2) is 0 Å². The van der Waals surface area contributed by atoms with Gasteiger partial charge in [-0.3, -0.25) is 0 Å². The molecule has 2 fully saturated rings. The predicted molar refractivity (Wildman–Crippen MR) is 54.9 cm³/mol. The molecule has 0 amide bonds. The third-order valence-electron chi connectivity index (χ3n) is 4.15. The van der Waals surface area contributed by atoms with E-state index in [2.05, 4.69) is 0 Å². The van der Waals surface area contributed by atoms with E-state index >= 15 is 0 Å². The van der Waals surface area contributed by atoms with Gasteiger partial charge < -0.3 is 15.6 Å². The molecule has 0 radical (unpaired) electrons. The molecule has 0 aromatic heterocycles. The van der Waals surface area contributed by atoms with Gasteiger partial charge in [0.25, 0.3) is 0 Å². The second-order valence-corrected chi connectivity index (χ2v) is 4.85. The van der Waals surface area contributed by atoms with Crippen LogP contribution in [0.1, 0.15) is 32.1 Å². The third-order valence-corrected chi connectivity index (χ3v) is 4.15. The minimum Gasteiger partial charge on any atom is -0.396 e. The first kappa shape index (κ1) is 10.4. The Morgan fingerprint density at radius 1 is 1.36 bits per heavy atom. The smallest absolute Gasteiger partial charge is 0.0502 e. The average molecular weight is 199 g/mol. The van der Waals surface area contributed by atoms with Crippen molar-refractivity contribution in [3.63, 3.8) is 0 Å². The molecule has 1 atom stereocenters. The molecule has 0 aromatic rings. The van der Waals surface area contributed by atoms with Crippen LogP contribution in [0, 0.1) is 11.3 Å². The fourth-order valence-electron chi connectivity index (χ4n) is 2.80. The number of aliphatic hydroxyl groups excluding tert-OH is 1. The molecule has 0 spiro atoms. The number of rotatable bonds is 3. The van der Waals surface area contributed by atoms with Crippen LogP contribution in [0.15, 0.2) is 0 Å². The second-order valence-electron chi connectivity index (χ2n) is 4.85. The second kappa shape index (κ2) is 4.17. The number of ether oxygens (including phenoxy) is 1. The van der Waals surface area contributed by atoms with Crippen molar-refractivity contribution in [3.8, 4) is 0 Å². The van der Waals surface area contributed by atoms with Gasteiger partial charge in [0.15, 0.2) is 0 Å². The Labute approximate surface area is 85.6 Å². The molecule has 1 aliphatic heterocycles. The maximum absolute atomic E-state index is 9.43. The van der Waals surface area contributed by atoms with Crippen molar-refractivity contribution in [1.29, 1.82) is 0 Å². The van der Waals surface area contributed by atoms with Crippen molar-refractivity contribution in [2.24, 2.45) is 17.1 Å². The van der Waals surface area contributed by atoms with E-state index < -0.39 is 0 Å². The number of nitrogens with two attached hydrogens (primary N) is 1. The zero-order valence-electron chi connectivity index (χ0n) is 8.74. The van der Waals surface area contributed by atoms with Crippen LogP contribution in [0.25, 0.3) is 0 Å². The largest absolute Gasteiger partial charge is 0.396 e. The Morgan fingerprint density at radius 3 is 2.43 bits per heavy atom. The number of hydrogen-bond donors (Lipinski definition) is 2. The summed E-state index contributed by atoms with van der Waals surface area (Å²) < 4.78 is 5.33. The molecular formula is C11H21NO2. The standard InChI is InChI=1S/C11H21NO2/c12-10(9-2-6-14-7-3-9)11(8-13)4-1-5-11/h9-10,13H,1-8,12H2/t10-/m0/s1. The van der Waals surface area contributed by atoms with Gasteiger partial charge in [-0.05, 0) is 31.6 Å². The zero-order chi connectivity index (χ0) is 10.0. The summed E-state index contributed by atoms with van der Waals surface area (Å²) in [4.78, 5) is 0. The molecule has 1 saturated heterocycles. The Balaban J connectivity index is 1.94. The van der Waals surface area contributed by atoms with E-state index in [9.17, 15) is 5.11 Å². The molecule has 3 N–H and O–H groups in total. The van der Waals surface area contributed by atoms with E-state index in [4.69, 9.17) is 10.5 Å². The van der Waals surface area contributed by atoms with Gasteiger partial charge in [0.2, 0.25) is 0 Å². The van der Waals surface area contributed by atoms with E-state index in [1.54, 1.807) is 0 Å². The first-order chi connectivity index (χ1) is 6.78. The van der Waals surface area contributed by atoms with Crippen molar-refractivity contribution in [1.82, 2.24) is 0 Å². The molecule has 2 rings (SSSR count). The fraction of sp³-hybridized carbons (Fsp3) is 1.00. The van der Waals surface area contributed by atoms with Gasteiger partial charge in [-0.1, -0.05) is 6.42 Å².